The molecule has 39 heavy (non-hydrogen) atoms. The van der Waals surface area contributed by atoms with Gasteiger partial charge in [0.15, 0.2) is 11.6 Å². The molecule has 0 bridgehead atoms. The lowest BCUT2D eigenvalue weighted by Crippen LogP contribution is -2.37. The van der Waals surface area contributed by atoms with Gasteiger partial charge in [0.2, 0.25) is 15.2 Å². The number of ether oxygens (including phenoxy) is 2. The van der Waals surface area contributed by atoms with Gasteiger partial charge in [-0.1, -0.05) is 17.8 Å². The highest BCUT2D eigenvalue weighted by molar-refractivity contribution is 7.99. The second-order valence-corrected chi connectivity index (χ2v) is 12.9. The minimum atomic E-state index is -3.18. The van der Waals surface area contributed by atoms with Crippen molar-refractivity contribution >= 4 is 44.3 Å². The summed E-state index contributed by atoms with van der Waals surface area (Å²) in [5, 5.41) is 3.85. The van der Waals surface area contributed by atoms with Crippen LogP contribution in [0.5, 0.6) is 17.2 Å². The van der Waals surface area contributed by atoms with Crippen molar-refractivity contribution in [3.8, 4) is 17.2 Å². The zero-order valence-electron chi connectivity index (χ0n) is 21.7. The molecule has 204 valence electrons. The Hall–Kier alpha value is -3.26. The molecule has 0 amide bonds. The molecule has 0 atom stereocenters. The highest BCUT2D eigenvalue weighted by Gasteiger charge is 2.28. The van der Waals surface area contributed by atoms with Gasteiger partial charge in [-0.25, -0.2) is 22.7 Å². The SMILES string of the molecule is COc1cccc(Sc2cnc(Nc3nc(C4CCN(S(C)(=O)=O)CC4)ns3)c(Oc3cccnc3C)c2)c1. The molecule has 13 heteroatoms. The summed E-state index contributed by atoms with van der Waals surface area (Å²) in [5.41, 5.74) is 0.757. The smallest absolute Gasteiger partial charge is 0.211 e. The molecule has 4 heterocycles. The molecule has 0 aliphatic carbocycles. The Labute approximate surface area is 236 Å². The summed E-state index contributed by atoms with van der Waals surface area (Å²) in [6, 6.07) is 13.4. The Balaban J connectivity index is 1.36. The third-order valence-corrected chi connectivity index (χ3v) is 9.13. The largest absolute Gasteiger partial charge is 0.497 e. The number of nitrogens with zero attached hydrogens (tertiary/aromatic N) is 5. The fourth-order valence-electron chi connectivity index (χ4n) is 4.15. The molecule has 0 spiro atoms. The number of benzene rings is 1. The summed E-state index contributed by atoms with van der Waals surface area (Å²) in [5.74, 6) is 3.26. The van der Waals surface area contributed by atoms with Crippen LogP contribution < -0.4 is 14.8 Å². The first-order valence-electron chi connectivity index (χ1n) is 12.3. The molecule has 0 unspecified atom stereocenters. The molecule has 4 aromatic rings. The zero-order valence-corrected chi connectivity index (χ0v) is 24.1. The van der Waals surface area contributed by atoms with E-state index in [9.17, 15) is 8.42 Å². The molecule has 5 rings (SSSR count). The number of rotatable bonds is 9. The number of aromatic nitrogens is 4. The van der Waals surface area contributed by atoms with Crippen molar-refractivity contribution < 1.29 is 17.9 Å². The van der Waals surface area contributed by atoms with Crippen LogP contribution in [0.25, 0.3) is 0 Å². The average Bonchev–Trinajstić information content (AvgIpc) is 3.40. The van der Waals surface area contributed by atoms with Gasteiger partial charge in [-0.3, -0.25) is 4.98 Å². The van der Waals surface area contributed by atoms with Crippen molar-refractivity contribution in [3.05, 3.63) is 66.4 Å². The van der Waals surface area contributed by atoms with Crippen LogP contribution in [0.15, 0.2) is 64.6 Å². The van der Waals surface area contributed by atoms with Gasteiger partial charge in [0.05, 0.1) is 19.1 Å². The van der Waals surface area contributed by atoms with Crippen molar-refractivity contribution in [2.24, 2.45) is 0 Å². The maximum absolute atomic E-state index is 11.8. The number of hydrogen-bond donors (Lipinski definition) is 1. The van der Waals surface area contributed by atoms with Crippen LogP contribution in [-0.4, -0.2) is 58.5 Å². The summed E-state index contributed by atoms with van der Waals surface area (Å²) >= 11 is 2.79. The van der Waals surface area contributed by atoms with E-state index in [1.54, 1.807) is 31.3 Å². The number of sulfonamides is 1. The molecule has 1 aliphatic rings. The number of anilines is 2. The number of methoxy groups -OCH3 is 1. The van der Waals surface area contributed by atoms with Crippen molar-refractivity contribution in [1.29, 1.82) is 0 Å². The van der Waals surface area contributed by atoms with Crippen LogP contribution in [0.1, 0.15) is 30.3 Å². The van der Waals surface area contributed by atoms with E-state index in [4.69, 9.17) is 14.5 Å². The van der Waals surface area contributed by atoms with Crippen LogP contribution in [0.4, 0.5) is 10.9 Å². The quantitative estimate of drug-likeness (QED) is 0.271. The Kier molecular flexibility index (Phi) is 8.31. The van der Waals surface area contributed by atoms with Gasteiger partial charge in [-0.15, -0.1) is 0 Å². The van der Waals surface area contributed by atoms with E-state index in [2.05, 4.69) is 19.7 Å². The summed E-state index contributed by atoms with van der Waals surface area (Å²) in [7, 11) is -1.54. The maximum atomic E-state index is 11.8. The van der Waals surface area contributed by atoms with Crippen LogP contribution in [0.2, 0.25) is 0 Å². The standard InChI is InChI=1S/C26H28N6O4S3/c1-17-22(8-5-11-27-17)36-23-15-21(37-20-7-4-6-19(14-20)35-2)16-28-25(23)30-26-29-24(31-38-26)18-9-12-32(13-10-18)39(3,33)34/h4-8,11,14-16,18H,9-10,12-13H2,1-3H3,(H,28,29,30,31). The van der Waals surface area contributed by atoms with Gasteiger partial charge in [0.25, 0.3) is 0 Å². The summed E-state index contributed by atoms with van der Waals surface area (Å²) in [4.78, 5) is 15.6. The number of pyridine rings is 2. The normalized spacial score (nSPS) is 14.7. The molecule has 0 radical (unpaired) electrons. The lowest BCUT2D eigenvalue weighted by molar-refractivity contribution is 0.316. The first-order valence-corrected chi connectivity index (χ1v) is 15.7. The van der Waals surface area contributed by atoms with E-state index in [0.717, 1.165) is 21.2 Å². The van der Waals surface area contributed by atoms with E-state index >= 15 is 0 Å². The first-order chi connectivity index (χ1) is 18.8. The minimum absolute atomic E-state index is 0.109. The van der Waals surface area contributed by atoms with Crippen molar-refractivity contribution in [3.63, 3.8) is 0 Å². The average molecular weight is 585 g/mol. The second-order valence-electron chi connectivity index (χ2n) is 9.01. The highest BCUT2D eigenvalue weighted by atomic mass is 32.2. The third-order valence-electron chi connectivity index (χ3n) is 6.24. The molecule has 10 nitrogen and oxygen atoms in total. The minimum Gasteiger partial charge on any atom is -0.497 e. The highest BCUT2D eigenvalue weighted by Crippen LogP contribution is 2.38. The lowest BCUT2D eigenvalue weighted by Gasteiger charge is -2.28. The molecule has 1 N–H and O–H groups in total. The number of piperidine rings is 1. The van der Waals surface area contributed by atoms with Gasteiger partial charge in [0.1, 0.15) is 17.3 Å². The Bertz CT molecular complexity index is 1550. The van der Waals surface area contributed by atoms with E-state index in [0.29, 0.717) is 54.2 Å². The molecule has 1 fully saturated rings. The number of hydrogen-bond acceptors (Lipinski definition) is 11. The zero-order chi connectivity index (χ0) is 27.4. The fraction of sp³-hybridized carbons (Fsp3) is 0.308. The van der Waals surface area contributed by atoms with E-state index < -0.39 is 10.0 Å². The molecule has 3 aromatic heterocycles. The van der Waals surface area contributed by atoms with Gasteiger partial charge < -0.3 is 14.8 Å². The second kappa shape index (κ2) is 11.9. The maximum Gasteiger partial charge on any atom is 0.211 e. The molecule has 1 aromatic carbocycles. The first kappa shape index (κ1) is 27.3. The van der Waals surface area contributed by atoms with Crippen molar-refractivity contribution in [2.75, 3.05) is 31.8 Å². The fourth-order valence-corrected chi connectivity index (χ4v) is 6.53. The van der Waals surface area contributed by atoms with Gasteiger partial charge in [0, 0.05) is 58.8 Å². The summed E-state index contributed by atoms with van der Waals surface area (Å²) < 4.78 is 41.3. The number of nitrogens with one attached hydrogen (secondary N) is 1. The Morgan fingerprint density at radius 3 is 2.64 bits per heavy atom. The van der Waals surface area contributed by atoms with E-state index in [1.807, 2.05) is 49.4 Å². The third kappa shape index (κ3) is 6.85. The molecular formula is C26H28N6O4S3. The molecule has 1 aliphatic heterocycles. The number of aryl methyl sites for hydroxylation is 1. The van der Waals surface area contributed by atoms with Crippen LogP contribution >= 0.6 is 23.3 Å². The predicted octanol–water partition coefficient (Wildman–Crippen LogP) is 5.47. The van der Waals surface area contributed by atoms with Crippen LogP contribution in [0.3, 0.4) is 0 Å². The summed E-state index contributed by atoms with van der Waals surface area (Å²) in [6.45, 7) is 2.83. The van der Waals surface area contributed by atoms with Crippen LogP contribution in [0, 0.1) is 6.92 Å². The molecule has 1 saturated heterocycles. The van der Waals surface area contributed by atoms with Gasteiger partial charge in [-0.2, -0.15) is 4.37 Å². The monoisotopic (exact) mass is 584 g/mol. The van der Waals surface area contributed by atoms with E-state index in [1.165, 1.54) is 22.1 Å². The van der Waals surface area contributed by atoms with Crippen LogP contribution in [-0.2, 0) is 10.0 Å². The van der Waals surface area contributed by atoms with Crippen molar-refractivity contribution in [1.82, 2.24) is 23.6 Å². The van der Waals surface area contributed by atoms with Crippen molar-refractivity contribution in [2.45, 2.75) is 35.5 Å². The molecule has 0 saturated carbocycles. The molecular weight excluding hydrogens is 557 g/mol. The Morgan fingerprint density at radius 1 is 1.08 bits per heavy atom. The van der Waals surface area contributed by atoms with Gasteiger partial charge in [-0.05, 0) is 50.1 Å². The Morgan fingerprint density at radius 2 is 1.90 bits per heavy atom. The topological polar surface area (TPSA) is 119 Å². The predicted molar refractivity (Wildman–Crippen MR) is 152 cm³/mol. The summed E-state index contributed by atoms with van der Waals surface area (Å²) in [6.07, 6.45) is 6.12. The van der Waals surface area contributed by atoms with Gasteiger partial charge >= 0.3 is 0 Å². The van der Waals surface area contributed by atoms with E-state index in [-0.39, 0.29) is 5.92 Å². The lowest BCUT2D eigenvalue weighted by atomic mass is 9.98.